The minimum Gasteiger partial charge on any atom is -0.349 e. The third-order valence-electron chi connectivity index (χ3n) is 3.93. The van der Waals surface area contributed by atoms with E-state index in [1.54, 1.807) is 16.6 Å². The fourth-order valence-corrected chi connectivity index (χ4v) is 4.39. The van der Waals surface area contributed by atoms with Crippen molar-refractivity contribution in [2.45, 2.75) is 70.0 Å². The summed E-state index contributed by atoms with van der Waals surface area (Å²) in [5.41, 5.74) is 6.63. The van der Waals surface area contributed by atoms with Crippen LogP contribution in [0.15, 0.2) is 17.2 Å². The summed E-state index contributed by atoms with van der Waals surface area (Å²) in [5, 5.41) is 0. The molecule has 1 fully saturated rings. The van der Waals surface area contributed by atoms with Gasteiger partial charge in [-0.15, -0.1) is 0 Å². The van der Waals surface area contributed by atoms with E-state index in [1.165, 1.54) is 0 Å². The molecule has 0 amide bonds. The molecule has 0 unspecified atom stereocenters. The van der Waals surface area contributed by atoms with Crippen molar-refractivity contribution in [2.24, 2.45) is 5.73 Å². The highest BCUT2D eigenvalue weighted by Crippen LogP contribution is 2.32. The van der Waals surface area contributed by atoms with Gasteiger partial charge in [-0.3, -0.25) is 0 Å². The molecule has 2 rings (SSSR count). The van der Waals surface area contributed by atoms with Crippen molar-refractivity contribution in [1.82, 2.24) is 8.87 Å². The number of nitrogens with two attached hydrogens (primary N) is 1. The molecule has 0 radical (unpaired) electrons. The van der Waals surface area contributed by atoms with Crippen molar-refractivity contribution >= 4 is 10.0 Å². The maximum Gasteiger partial charge on any atom is 0.244 e. The summed E-state index contributed by atoms with van der Waals surface area (Å²) in [7, 11) is -3.38. The highest BCUT2D eigenvalue weighted by atomic mass is 32.2. The number of aryl methyl sites for hydroxylation is 1. The van der Waals surface area contributed by atoms with Gasteiger partial charge in [0.25, 0.3) is 0 Å². The van der Waals surface area contributed by atoms with Crippen LogP contribution in [-0.4, -0.2) is 29.9 Å². The van der Waals surface area contributed by atoms with Crippen molar-refractivity contribution in [3.05, 3.63) is 18.0 Å². The Morgan fingerprint density at radius 3 is 2.57 bits per heavy atom. The minimum atomic E-state index is -3.38. The van der Waals surface area contributed by atoms with Crippen LogP contribution in [0.3, 0.4) is 0 Å². The molecule has 0 spiro atoms. The third-order valence-corrected chi connectivity index (χ3v) is 5.84. The van der Waals surface area contributed by atoms with Gasteiger partial charge >= 0.3 is 0 Å². The monoisotopic (exact) mass is 313 g/mol. The van der Waals surface area contributed by atoms with Crippen LogP contribution in [0, 0.1) is 0 Å². The predicted octanol–water partition coefficient (Wildman–Crippen LogP) is 2.31. The molecule has 1 aliphatic rings. The molecule has 120 valence electrons. The van der Waals surface area contributed by atoms with E-state index in [4.69, 9.17) is 5.73 Å². The molecule has 6 heteroatoms. The van der Waals surface area contributed by atoms with Gasteiger partial charge in [0.15, 0.2) is 0 Å². The molecular formula is C15H27N3O2S. The Morgan fingerprint density at radius 2 is 2.05 bits per heavy atom. The first kappa shape index (κ1) is 16.5. The minimum absolute atomic E-state index is 0.206. The Balaban J connectivity index is 2.28. The van der Waals surface area contributed by atoms with Crippen LogP contribution in [0.2, 0.25) is 0 Å². The van der Waals surface area contributed by atoms with Crippen molar-refractivity contribution in [1.29, 1.82) is 0 Å². The second-order valence-electron chi connectivity index (χ2n) is 5.77. The third kappa shape index (κ3) is 3.67. The van der Waals surface area contributed by atoms with Gasteiger partial charge in [-0.25, -0.2) is 8.42 Å². The van der Waals surface area contributed by atoms with E-state index in [-0.39, 0.29) is 6.04 Å². The number of sulfonamides is 1. The van der Waals surface area contributed by atoms with Crippen LogP contribution in [0.1, 0.15) is 51.6 Å². The summed E-state index contributed by atoms with van der Waals surface area (Å²) in [5.74, 6) is 0. The molecule has 0 aliphatic heterocycles. The maximum atomic E-state index is 12.9. The average molecular weight is 313 g/mol. The van der Waals surface area contributed by atoms with Gasteiger partial charge in [0.2, 0.25) is 10.0 Å². The number of unbranched alkanes of at least 4 members (excludes halogenated alkanes) is 1. The van der Waals surface area contributed by atoms with E-state index in [1.807, 2.05) is 4.57 Å². The lowest BCUT2D eigenvalue weighted by molar-refractivity contribution is 0.395. The number of hydrogen-bond donors (Lipinski definition) is 1. The summed E-state index contributed by atoms with van der Waals surface area (Å²) < 4.78 is 29.4. The fraction of sp³-hybridized carbons (Fsp3) is 0.733. The van der Waals surface area contributed by atoms with Gasteiger partial charge in [-0.05, 0) is 31.7 Å². The predicted molar refractivity (Wildman–Crippen MR) is 84.4 cm³/mol. The lowest BCUT2D eigenvalue weighted by atomic mass is 10.3. The van der Waals surface area contributed by atoms with Crippen molar-refractivity contribution in [2.75, 3.05) is 6.54 Å². The lowest BCUT2D eigenvalue weighted by Crippen LogP contribution is -2.33. The zero-order valence-electron chi connectivity index (χ0n) is 13.1. The first-order valence-corrected chi connectivity index (χ1v) is 9.39. The average Bonchev–Trinajstić information content (AvgIpc) is 3.19. The Labute approximate surface area is 128 Å². The molecule has 2 N–H and O–H groups in total. The van der Waals surface area contributed by atoms with Gasteiger partial charge in [-0.2, -0.15) is 4.31 Å². The van der Waals surface area contributed by atoms with Gasteiger partial charge in [0, 0.05) is 37.6 Å². The van der Waals surface area contributed by atoms with E-state index in [2.05, 4.69) is 13.8 Å². The number of hydrogen-bond acceptors (Lipinski definition) is 3. The van der Waals surface area contributed by atoms with E-state index in [0.717, 1.165) is 44.3 Å². The quantitative estimate of drug-likeness (QED) is 0.760. The maximum absolute atomic E-state index is 12.9. The summed E-state index contributed by atoms with van der Waals surface area (Å²) in [6.07, 6.45) is 6.61. The molecule has 0 atom stereocenters. The number of aromatic nitrogens is 1. The summed E-state index contributed by atoms with van der Waals surface area (Å²) >= 11 is 0. The molecule has 0 aromatic carbocycles. The van der Waals surface area contributed by atoms with Gasteiger partial charge < -0.3 is 10.3 Å². The highest BCUT2D eigenvalue weighted by Gasteiger charge is 2.38. The van der Waals surface area contributed by atoms with Crippen molar-refractivity contribution < 1.29 is 8.42 Å². The van der Waals surface area contributed by atoms with Crippen LogP contribution >= 0.6 is 0 Å². The van der Waals surface area contributed by atoms with Crippen LogP contribution in [0.4, 0.5) is 0 Å². The largest absolute Gasteiger partial charge is 0.349 e. The van der Waals surface area contributed by atoms with Crippen molar-refractivity contribution in [3.63, 3.8) is 0 Å². The summed E-state index contributed by atoms with van der Waals surface area (Å²) in [6, 6.07) is 1.95. The Hall–Kier alpha value is -0.850. The van der Waals surface area contributed by atoms with Crippen LogP contribution in [-0.2, 0) is 23.1 Å². The molecule has 0 saturated heterocycles. The standard InChI is InChI=1S/C15H27N3O2S/c1-3-5-9-18(13-6-7-13)21(19,20)15-10-14(11-16)17(12-15)8-4-2/h10,12-13H,3-9,11,16H2,1-2H3. The number of rotatable bonds is 9. The molecule has 1 saturated carbocycles. The SMILES string of the molecule is CCCCN(C1CC1)S(=O)(=O)c1cc(CN)n(CCC)c1. The molecule has 1 aromatic rings. The van der Waals surface area contributed by atoms with Gasteiger partial charge in [-0.1, -0.05) is 20.3 Å². The molecule has 21 heavy (non-hydrogen) atoms. The van der Waals surface area contributed by atoms with E-state index < -0.39 is 10.0 Å². The molecule has 1 aliphatic carbocycles. The zero-order valence-corrected chi connectivity index (χ0v) is 13.9. The topological polar surface area (TPSA) is 68.3 Å². The lowest BCUT2D eigenvalue weighted by Gasteiger charge is -2.20. The van der Waals surface area contributed by atoms with Crippen molar-refractivity contribution in [3.8, 4) is 0 Å². The normalized spacial score (nSPS) is 15.8. The van der Waals surface area contributed by atoms with Gasteiger partial charge in [0.1, 0.15) is 4.90 Å². The Bertz CT molecular complexity index is 561. The van der Waals surface area contributed by atoms with E-state index in [9.17, 15) is 8.42 Å². The summed E-state index contributed by atoms with van der Waals surface area (Å²) in [6.45, 7) is 5.96. The number of nitrogens with zero attached hydrogens (tertiary/aromatic N) is 2. The molecule has 1 aromatic heterocycles. The summed E-state index contributed by atoms with van der Waals surface area (Å²) in [4.78, 5) is 0.402. The van der Waals surface area contributed by atoms with Crippen LogP contribution in [0.25, 0.3) is 0 Å². The second kappa shape index (κ2) is 6.94. The fourth-order valence-electron chi connectivity index (χ4n) is 2.60. The van der Waals surface area contributed by atoms with E-state index >= 15 is 0 Å². The highest BCUT2D eigenvalue weighted by molar-refractivity contribution is 7.89. The van der Waals surface area contributed by atoms with E-state index in [0.29, 0.717) is 18.0 Å². The smallest absolute Gasteiger partial charge is 0.244 e. The molecular weight excluding hydrogens is 286 g/mol. The van der Waals surface area contributed by atoms with Crippen LogP contribution in [0.5, 0.6) is 0 Å². The molecule has 5 nitrogen and oxygen atoms in total. The molecule has 0 bridgehead atoms. The second-order valence-corrected chi connectivity index (χ2v) is 7.66. The van der Waals surface area contributed by atoms with Gasteiger partial charge in [0.05, 0.1) is 0 Å². The first-order chi connectivity index (χ1) is 10.0. The zero-order chi connectivity index (χ0) is 15.5. The first-order valence-electron chi connectivity index (χ1n) is 7.95. The molecule has 1 heterocycles. The Kier molecular flexibility index (Phi) is 5.46. The van der Waals surface area contributed by atoms with Crippen LogP contribution < -0.4 is 5.73 Å². The Morgan fingerprint density at radius 1 is 1.33 bits per heavy atom.